The quantitative estimate of drug-likeness (QED) is 0.766. The van der Waals surface area contributed by atoms with Gasteiger partial charge in [0.15, 0.2) is 5.44 Å². The Labute approximate surface area is 96.7 Å². The summed E-state index contributed by atoms with van der Waals surface area (Å²) >= 11 is 7.30. The number of hydrogen-bond acceptors (Lipinski definition) is 4. The second-order valence-electron chi connectivity index (χ2n) is 3.05. The first-order chi connectivity index (χ1) is 7.24. The van der Waals surface area contributed by atoms with E-state index in [2.05, 4.69) is 4.74 Å². The molecular formula is C10H9ClO3S. The number of carbonyl (C=O) groups excluding carboxylic acids is 1. The minimum atomic E-state index is -0.580. The fourth-order valence-corrected chi connectivity index (χ4v) is 2.17. The zero-order valence-corrected chi connectivity index (χ0v) is 9.38. The minimum absolute atomic E-state index is 0.187. The zero-order valence-electron chi connectivity index (χ0n) is 7.81. The number of cyclic esters (lactones) is 2. The van der Waals surface area contributed by atoms with Crippen LogP contribution in [0, 0.1) is 0 Å². The Morgan fingerprint density at radius 2 is 2.13 bits per heavy atom. The van der Waals surface area contributed by atoms with E-state index < -0.39 is 6.16 Å². The smallest absolute Gasteiger partial charge is 0.429 e. The third-order valence-electron chi connectivity index (χ3n) is 1.91. The lowest BCUT2D eigenvalue weighted by Crippen LogP contribution is -2.04. The van der Waals surface area contributed by atoms with E-state index in [-0.39, 0.29) is 5.44 Å². The van der Waals surface area contributed by atoms with E-state index in [1.807, 2.05) is 24.3 Å². The van der Waals surface area contributed by atoms with Gasteiger partial charge in [-0.25, -0.2) is 4.79 Å². The summed E-state index contributed by atoms with van der Waals surface area (Å²) in [5, 5.41) is 0.722. The number of hydrogen-bond donors (Lipinski definition) is 0. The van der Waals surface area contributed by atoms with E-state index in [1.165, 1.54) is 11.8 Å². The van der Waals surface area contributed by atoms with Crippen molar-refractivity contribution in [2.24, 2.45) is 0 Å². The molecule has 5 heteroatoms. The first-order valence-corrected chi connectivity index (χ1v) is 5.86. The Morgan fingerprint density at radius 3 is 2.73 bits per heavy atom. The third kappa shape index (κ3) is 3.04. The summed E-state index contributed by atoms with van der Waals surface area (Å²) in [7, 11) is 0. The molecule has 0 aliphatic carbocycles. The van der Waals surface area contributed by atoms with Crippen LogP contribution < -0.4 is 0 Å². The van der Waals surface area contributed by atoms with E-state index in [9.17, 15) is 4.79 Å². The van der Waals surface area contributed by atoms with Crippen molar-refractivity contribution in [3.05, 3.63) is 34.9 Å². The summed E-state index contributed by atoms with van der Waals surface area (Å²) in [6.45, 7) is 0.330. The van der Waals surface area contributed by atoms with Crippen molar-refractivity contribution in [3.8, 4) is 0 Å². The van der Waals surface area contributed by atoms with Gasteiger partial charge in [0.1, 0.15) is 6.61 Å². The second-order valence-corrected chi connectivity index (χ2v) is 4.63. The van der Waals surface area contributed by atoms with Gasteiger partial charge in [0, 0.05) is 10.8 Å². The number of thioether (sulfide) groups is 1. The van der Waals surface area contributed by atoms with Gasteiger partial charge < -0.3 is 9.47 Å². The van der Waals surface area contributed by atoms with Crippen LogP contribution in [0.25, 0.3) is 0 Å². The van der Waals surface area contributed by atoms with Crippen LogP contribution in [-0.4, -0.2) is 18.2 Å². The molecule has 3 nitrogen and oxygen atoms in total. The first-order valence-electron chi connectivity index (χ1n) is 4.43. The van der Waals surface area contributed by atoms with Crippen LogP contribution in [0.15, 0.2) is 24.3 Å². The van der Waals surface area contributed by atoms with Crippen LogP contribution in [-0.2, 0) is 15.2 Å². The topological polar surface area (TPSA) is 35.5 Å². The lowest BCUT2D eigenvalue weighted by molar-refractivity contribution is 0.129. The molecule has 0 bridgehead atoms. The first kappa shape index (κ1) is 10.6. The molecule has 2 rings (SSSR count). The summed E-state index contributed by atoms with van der Waals surface area (Å²) in [4.78, 5) is 10.6. The molecule has 1 atom stereocenters. The normalized spacial score (nSPS) is 19.8. The predicted octanol–water partition coefficient (Wildman–Crippen LogP) is 3.07. The molecule has 0 aromatic heterocycles. The average Bonchev–Trinajstić information content (AvgIpc) is 2.64. The number of benzene rings is 1. The van der Waals surface area contributed by atoms with Crippen molar-refractivity contribution >= 4 is 29.5 Å². The highest BCUT2D eigenvalue weighted by Crippen LogP contribution is 2.23. The van der Waals surface area contributed by atoms with Crippen molar-refractivity contribution in [2.45, 2.75) is 11.2 Å². The van der Waals surface area contributed by atoms with Gasteiger partial charge in [0.05, 0.1) is 0 Å². The molecule has 1 heterocycles. The molecule has 0 amide bonds. The number of carbonyl (C=O) groups is 1. The van der Waals surface area contributed by atoms with Crippen molar-refractivity contribution in [3.63, 3.8) is 0 Å². The molecule has 1 aliphatic heterocycles. The van der Waals surface area contributed by atoms with Gasteiger partial charge in [-0.3, -0.25) is 0 Å². The Kier molecular flexibility index (Phi) is 3.38. The second kappa shape index (κ2) is 4.77. The molecule has 1 aliphatic rings. The van der Waals surface area contributed by atoms with Crippen LogP contribution in [0.1, 0.15) is 5.56 Å². The lowest BCUT2D eigenvalue weighted by Gasteiger charge is -2.05. The van der Waals surface area contributed by atoms with Crippen molar-refractivity contribution in [2.75, 3.05) is 6.61 Å². The summed E-state index contributed by atoms with van der Waals surface area (Å²) in [6, 6.07) is 7.59. The van der Waals surface area contributed by atoms with Gasteiger partial charge >= 0.3 is 6.16 Å². The highest BCUT2D eigenvalue weighted by Gasteiger charge is 2.24. The maximum Gasteiger partial charge on any atom is 0.509 e. The Balaban J connectivity index is 1.83. The zero-order chi connectivity index (χ0) is 10.7. The fourth-order valence-electron chi connectivity index (χ4n) is 1.16. The number of halogens is 1. The van der Waals surface area contributed by atoms with Gasteiger partial charge in [-0.05, 0) is 17.7 Å². The van der Waals surface area contributed by atoms with Gasteiger partial charge in [-0.15, -0.1) is 11.8 Å². The molecule has 80 valence electrons. The van der Waals surface area contributed by atoms with Crippen LogP contribution in [0.4, 0.5) is 4.79 Å². The molecule has 0 N–H and O–H groups in total. The van der Waals surface area contributed by atoms with Crippen LogP contribution in [0.5, 0.6) is 0 Å². The van der Waals surface area contributed by atoms with E-state index in [0.29, 0.717) is 6.61 Å². The molecule has 0 spiro atoms. The Bertz CT molecular complexity index is 352. The van der Waals surface area contributed by atoms with Crippen LogP contribution >= 0.6 is 23.4 Å². The molecule has 1 saturated heterocycles. The maximum absolute atomic E-state index is 10.6. The van der Waals surface area contributed by atoms with Gasteiger partial charge in [-0.2, -0.15) is 0 Å². The molecule has 0 unspecified atom stereocenters. The van der Waals surface area contributed by atoms with Crippen molar-refractivity contribution < 1.29 is 14.3 Å². The van der Waals surface area contributed by atoms with E-state index in [1.54, 1.807) is 0 Å². The SMILES string of the molecule is O=C1OC[C@@H](SCc2ccc(Cl)cc2)O1. The largest absolute Gasteiger partial charge is 0.509 e. The van der Waals surface area contributed by atoms with E-state index >= 15 is 0 Å². The summed E-state index contributed by atoms with van der Waals surface area (Å²) in [5.41, 5.74) is 0.959. The van der Waals surface area contributed by atoms with E-state index in [4.69, 9.17) is 16.3 Å². The van der Waals surface area contributed by atoms with Crippen LogP contribution in [0.3, 0.4) is 0 Å². The minimum Gasteiger partial charge on any atom is -0.429 e. The molecule has 15 heavy (non-hydrogen) atoms. The van der Waals surface area contributed by atoms with Gasteiger partial charge in [-0.1, -0.05) is 23.7 Å². The van der Waals surface area contributed by atoms with Crippen molar-refractivity contribution in [1.29, 1.82) is 0 Å². The maximum atomic E-state index is 10.6. The average molecular weight is 245 g/mol. The number of rotatable bonds is 3. The fraction of sp³-hybridized carbons (Fsp3) is 0.300. The molecular weight excluding hydrogens is 236 g/mol. The van der Waals surface area contributed by atoms with Gasteiger partial charge in [0.2, 0.25) is 0 Å². The van der Waals surface area contributed by atoms with Crippen LogP contribution in [0.2, 0.25) is 5.02 Å². The molecule has 1 aromatic rings. The van der Waals surface area contributed by atoms with Crippen molar-refractivity contribution in [1.82, 2.24) is 0 Å². The predicted molar refractivity (Wildman–Crippen MR) is 59.0 cm³/mol. The Morgan fingerprint density at radius 1 is 1.40 bits per heavy atom. The highest BCUT2D eigenvalue weighted by molar-refractivity contribution is 7.99. The molecule has 1 aromatic carbocycles. The highest BCUT2D eigenvalue weighted by atomic mass is 35.5. The molecule has 0 radical (unpaired) electrons. The van der Waals surface area contributed by atoms with Gasteiger partial charge in [0.25, 0.3) is 0 Å². The summed E-state index contributed by atoms with van der Waals surface area (Å²) in [5.74, 6) is 0.776. The molecule has 0 saturated carbocycles. The third-order valence-corrected chi connectivity index (χ3v) is 3.27. The summed E-state index contributed by atoms with van der Waals surface area (Å²) in [6.07, 6.45) is -0.580. The monoisotopic (exact) mass is 244 g/mol. The Hall–Kier alpha value is -0.870. The van der Waals surface area contributed by atoms with E-state index in [0.717, 1.165) is 16.3 Å². The summed E-state index contributed by atoms with van der Waals surface area (Å²) < 4.78 is 9.55. The standard InChI is InChI=1S/C10H9ClO3S/c11-8-3-1-7(2-4-8)6-15-9-5-13-10(12)14-9/h1-4,9H,5-6H2/t9-/m1/s1. The number of ether oxygens (including phenoxy) is 2. The lowest BCUT2D eigenvalue weighted by atomic mass is 10.2. The molecule has 1 fully saturated rings.